The van der Waals surface area contributed by atoms with Crippen LogP contribution in [0.4, 0.5) is 11.4 Å². The molecule has 0 aromatic heterocycles. The molecule has 0 saturated carbocycles. The van der Waals surface area contributed by atoms with Gasteiger partial charge in [0.25, 0.3) is 5.91 Å². The number of nitrogens with one attached hydrogen (secondary N) is 2. The van der Waals surface area contributed by atoms with Crippen LogP contribution in [-0.2, 0) is 14.4 Å². The summed E-state index contributed by atoms with van der Waals surface area (Å²) in [5.74, 6) is -0.565. The summed E-state index contributed by atoms with van der Waals surface area (Å²) in [4.78, 5) is 33.8. The standard InChI is InChI=1S/C26H32N4O3/c1-2-3-14-22(25(31)27-20-12-9-13-21(17-20)30-15-7-8-16-30)28-26(32)23-18-24(33-29-23)19-10-5-4-6-11-19/h4-6,9-13,17,22,24H,2-3,7-8,14-16,18H2,1H3,(H,27,31)(H,28,32). The molecule has 33 heavy (non-hydrogen) atoms. The first kappa shape index (κ1) is 22.8. The minimum absolute atomic E-state index is 0.213. The van der Waals surface area contributed by atoms with E-state index in [0.29, 0.717) is 18.6 Å². The van der Waals surface area contributed by atoms with E-state index in [-0.39, 0.29) is 17.9 Å². The number of hydrogen-bond acceptors (Lipinski definition) is 5. The fourth-order valence-corrected chi connectivity index (χ4v) is 4.26. The number of carbonyl (C=O) groups excluding carboxylic acids is 2. The lowest BCUT2D eigenvalue weighted by Crippen LogP contribution is -2.46. The Morgan fingerprint density at radius 3 is 2.67 bits per heavy atom. The van der Waals surface area contributed by atoms with Gasteiger partial charge in [-0.3, -0.25) is 9.59 Å². The summed E-state index contributed by atoms with van der Waals surface area (Å²) < 4.78 is 0. The monoisotopic (exact) mass is 448 g/mol. The molecule has 2 aliphatic heterocycles. The highest BCUT2D eigenvalue weighted by molar-refractivity contribution is 6.39. The van der Waals surface area contributed by atoms with Crippen LogP contribution in [0, 0.1) is 0 Å². The SMILES string of the molecule is CCCCC(NC(=O)C1=NOC(c2ccccc2)C1)C(=O)Nc1cccc(N2CCCC2)c1. The molecule has 4 rings (SSSR count). The molecule has 0 spiro atoms. The van der Waals surface area contributed by atoms with Gasteiger partial charge in [0.1, 0.15) is 11.8 Å². The third-order valence-corrected chi connectivity index (χ3v) is 6.16. The van der Waals surface area contributed by atoms with Crippen molar-refractivity contribution in [3.05, 3.63) is 60.2 Å². The van der Waals surface area contributed by atoms with Crippen LogP contribution in [0.1, 0.15) is 57.1 Å². The third kappa shape index (κ3) is 5.92. The van der Waals surface area contributed by atoms with Gasteiger partial charge in [-0.15, -0.1) is 0 Å². The van der Waals surface area contributed by atoms with E-state index >= 15 is 0 Å². The maximum absolute atomic E-state index is 13.1. The number of rotatable bonds is 9. The van der Waals surface area contributed by atoms with E-state index in [9.17, 15) is 9.59 Å². The summed E-state index contributed by atoms with van der Waals surface area (Å²) in [7, 11) is 0. The summed E-state index contributed by atoms with van der Waals surface area (Å²) in [5, 5.41) is 9.87. The van der Waals surface area contributed by atoms with Gasteiger partial charge in [-0.25, -0.2) is 0 Å². The number of unbranched alkanes of at least 4 members (excludes halogenated alkanes) is 1. The Hall–Kier alpha value is -3.35. The minimum Gasteiger partial charge on any atom is -0.387 e. The van der Waals surface area contributed by atoms with Crippen LogP contribution < -0.4 is 15.5 Å². The molecule has 1 saturated heterocycles. The lowest BCUT2D eigenvalue weighted by molar-refractivity contribution is -0.123. The Labute approximate surface area is 195 Å². The molecule has 0 radical (unpaired) electrons. The molecule has 0 aliphatic carbocycles. The van der Waals surface area contributed by atoms with Crippen LogP contribution in [0.25, 0.3) is 0 Å². The van der Waals surface area contributed by atoms with Gasteiger partial charge in [-0.2, -0.15) is 0 Å². The normalized spacial score (nSPS) is 18.4. The van der Waals surface area contributed by atoms with E-state index in [4.69, 9.17) is 4.84 Å². The van der Waals surface area contributed by atoms with Crippen molar-refractivity contribution in [3.63, 3.8) is 0 Å². The topological polar surface area (TPSA) is 83.0 Å². The summed E-state index contributed by atoms with van der Waals surface area (Å²) in [5.41, 5.74) is 3.14. The molecule has 2 unspecified atom stereocenters. The van der Waals surface area contributed by atoms with Crippen molar-refractivity contribution >= 4 is 28.9 Å². The third-order valence-electron chi connectivity index (χ3n) is 6.16. The first-order valence-corrected chi connectivity index (χ1v) is 11.9. The smallest absolute Gasteiger partial charge is 0.269 e. The number of benzene rings is 2. The van der Waals surface area contributed by atoms with Crippen LogP contribution in [-0.4, -0.2) is 36.7 Å². The quantitative estimate of drug-likeness (QED) is 0.595. The molecule has 7 nitrogen and oxygen atoms in total. The molecule has 2 amide bonds. The van der Waals surface area contributed by atoms with Crippen LogP contribution in [0.5, 0.6) is 0 Å². The van der Waals surface area contributed by atoms with Gasteiger partial charge in [0.2, 0.25) is 5.91 Å². The van der Waals surface area contributed by atoms with Crippen LogP contribution in [0.15, 0.2) is 59.8 Å². The molecular formula is C26H32N4O3. The molecule has 2 aromatic rings. The predicted molar refractivity (Wildman–Crippen MR) is 130 cm³/mol. The number of hydrogen-bond donors (Lipinski definition) is 2. The van der Waals surface area contributed by atoms with Gasteiger partial charge in [0.05, 0.1) is 0 Å². The summed E-state index contributed by atoms with van der Waals surface area (Å²) in [6.45, 7) is 4.15. The fraction of sp³-hybridized carbons (Fsp3) is 0.423. The Morgan fingerprint density at radius 2 is 1.91 bits per heavy atom. The van der Waals surface area contributed by atoms with Crippen molar-refractivity contribution in [3.8, 4) is 0 Å². The predicted octanol–water partition coefficient (Wildman–Crippen LogP) is 4.42. The zero-order chi connectivity index (χ0) is 23.0. The maximum Gasteiger partial charge on any atom is 0.269 e. The summed E-state index contributed by atoms with van der Waals surface area (Å²) in [6.07, 6.45) is 4.84. The highest BCUT2D eigenvalue weighted by atomic mass is 16.6. The van der Waals surface area contributed by atoms with Crippen molar-refractivity contribution in [1.29, 1.82) is 0 Å². The summed E-state index contributed by atoms with van der Waals surface area (Å²) >= 11 is 0. The lowest BCUT2D eigenvalue weighted by atomic mass is 10.0. The minimum atomic E-state index is -0.633. The average molecular weight is 449 g/mol. The van der Waals surface area contributed by atoms with Gasteiger partial charge in [0, 0.05) is 30.9 Å². The molecule has 2 N–H and O–H groups in total. The van der Waals surface area contributed by atoms with Gasteiger partial charge in [-0.05, 0) is 43.0 Å². The van der Waals surface area contributed by atoms with Crippen LogP contribution in [0.2, 0.25) is 0 Å². The van der Waals surface area contributed by atoms with Crippen LogP contribution >= 0.6 is 0 Å². The molecule has 7 heteroatoms. The van der Waals surface area contributed by atoms with E-state index in [1.807, 2.05) is 48.5 Å². The van der Waals surface area contributed by atoms with Crippen molar-refractivity contribution < 1.29 is 14.4 Å². The van der Waals surface area contributed by atoms with E-state index in [1.165, 1.54) is 12.8 Å². The summed E-state index contributed by atoms with van der Waals surface area (Å²) in [6, 6.07) is 17.0. The molecule has 174 valence electrons. The maximum atomic E-state index is 13.1. The van der Waals surface area contributed by atoms with Crippen LogP contribution in [0.3, 0.4) is 0 Å². The van der Waals surface area contributed by atoms with Crippen molar-refractivity contribution in [2.24, 2.45) is 5.16 Å². The molecule has 0 bridgehead atoms. The first-order chi connectivity index (χ1) is 16.1. The van der Waals surface area contributed by atoms with Gasteiger partial charge in [0.15, 0.2) is 6.10 Å². The van der Waals surface area contributed by atoms with E-state index in [1.54, 1.807) is 0 Å². The Morgan fingerprint density at radius 1 is 1.12 bits per heavy atom. The van der Waals surface area contributed by atoms with Gasteiger partial charge >= 0.3 is 0 Å². The van der Waals surface area contributed by atoms with Gasteiger partial charge < -0.3 is 20.4 Å². The van der Waals surface area contributed by atoms with Crippen molar-refractivity contribution in [2.45, 2.75) is 57.6 Å². The Kier molecular flexibility index (Phi) is 7.60. The molecule has 2 aromatic carbocycles. The van der Waals surface area contributed by atoms with Crippen molar-refractivity contribution in [1.82, 2.24) is 5.32 Å². The molecule has 2 atom stereocenters. The van der Waals surface area contributed by atoms with Crippen molar-refractivity contribution in [2.75, 3.05) is 23.3 Å². The molecular weight excluding hydrogens is 416 g/mol. The number of oxime groups is 1. The number of amides is 2. The highest BCUT2D eigenvalue weighted by Crippen LogP contribution is 2.27. The Bertz CT molecular complexity index is 986. The largest absolute Gasteiger partial charge is 0.387 e. The number of carbonyl (C=O) groups is 2. The molecule has 2 heterocycles. The van der Waals surface area contributed by atoms with E-state index < -0.39 is 6.04 Å². The number of anilines is 2. The zero-order valence-corrected chi connectivity index (χ0v) is 19.1. The second kappa shape index (κ2) is 11.0. The fourth-order valence-electron chi connectivity index (χ4n) is 4.26. The second-order valence-corrected chi connectivity index (χ2v) is 8.65. The van der Waals surface area contributed by atoms with E-state index in [0.717, 1.165) is 42.9 Å². The first-order valence-electron chi connectivity index (χ1n) is 11.9. The van der Waals surface area contributed by atoms with Gasteiger partial charge in [-0.1, -0.05) is 61.3 Å². The zero-order valence-electron chi connectivity index (χ0n) is 19.1. The van der Waals surface area contributed by atoms with E-state index in [2.05, 4.69) is 33.7 Å². The molecule has 2 aliphatic rings. The Balaban J connectivity index is 1.38. The highest BCUT2D eigenvalue weighted by Gasteiger charge is 2.30. The average Bonchev–Trinajstić information content (AvgIpc) is 3.55. The lowest BCUT2D eigenvalue weighted by Gasteiger charge is -2.20. The number of nitrogens with zero attached hydrogens (tertiary/aromatic N) is 2. The molecule has 1 fully saturated rings. The second-order valence-electron chi connectivity index (χ2n) is 8.65.